The van der Waals surface area contributed by atoms with Crippen molar-refractivity contribution in [2.24, 2.45) is 0 Å². The summed E-state index contributed by atoms with van der Waals surface area (Å²) in [6, 6.07) is 15.3. The number of H-pyrrole nitrogens is 1. The second kappa shape index (κ2) is 4.24. The molecule has 2 heterocycles. The van der Waals surface area contributed by atoms with Gasteiger partial charge in [0.05, 0.1) is 11.2 Å². The minimum Gasteiger partial charge on any atom is -0.397 e. The van der Waals surface area contributed by atoms with E-state index in [1.807, 2.05) is 54.7 Å². The van der Waals surface area contributed by atoms with Crippen LogP contribution in [0.25, 0.3) is 21.8 Å². The number of aromatic amines is 1. The highest BCUT2D eigenvalue weighted by Crippen LogP contribution is 2.24. The van der Waals surface area contributed by atoms with Gasteiger partial charge in [-0.25, -0.2) is 0 Å². The predicted octanol–water partition coefficient (Wildman–Crippen LogP) is 3.39. The molecule has 4 nitrogen and oxygen atoms in total. The molecule has 0 amide bonds. The Morgan fingerprint density at radius 3 is 2.86 bits per heavy atom. The number of anilines is 1. The van der Waals surface area contributed by atoms with E-state index in [-0.39, 0.29) is 5.91 Å². The molecule has 0 saturated carbocycles. The molecule has 0 aliphatic carbocycles. The third-order valence-electron chi connectivity index (χ3n) is 3.76. The molecule has 0 bridgehead atoms. The van der Waals surface area contributed by atoms with Crippen molar-refractivity contribution < 1.29 is 4.79 Å². The summed E-state index contributed by atoms with van der Waals surface area (Å²) in [5.41, 5.74) is 9.00. The van der Waals surface area contributed by atoms with Gasteiger partial charge in [0.25, 0.3) is 5.91 Å². The number of rotatable bonds is 1. The molecule has 0 spiro atoms. The zero-order valence-electron chi connectivity index (χ0n) is 11.2. The van der Waals surface area contributed by atoms with Crippen LogP contribution in [-0.2, 0) is 0 Å². The first-order valence-corrected chi connectivity index (χ1v) is 6.71. The van der Waals surface area contributed by atoms with E-state index in [1.54, 1.807) is 10.8 Å². The smallest absolute Gasteiger partial charge is 0.262 e. The number of benzene rings is 2. The van der Waals surface area contributed by atoms with Crippen molar-refractivity contribution in [1.82, 2.24) is 9.55 Å². The van der Waals surface area contributed by atoms with E-state index in [9.17, 15) is 4.79 Å². The van der Waals surface area contributed by atoms with Crippen molar-refractivity contribution >= 4 is 33.4 Å². The van der Waals surface area contributed by atoms with Crippen molar-refractivity contribution in [1.29, 1.82) is 0 Å². The first kappa shape index (κ1) is 11.8. The van der Waals surface area contributed by atoms with E-state index < -0.39 is 0 Å². The molecule has 102 valence electrons. The lowest BCUT2D eigenvalue weighted by atomic mass is 10.1. The largest absolute Gasteiger partial charge is 0.397 e. The molecule has 4 heteroatoms. The van der Waals surface area contributed by atoms with Gasteiger partial charge >= 0.3 is 0 Å². The van der Waals surface area contributed by atoms with Gasteiger partial charge in [-0.05, 0) is 29.7 Å². The van der Waals surface area contributed by atoms with Gasteiger partial charge in [0.15, 0.2) is 0 Å². The molecule has 21 heavy (non-hydrogen) atoms. The Bertz CT molecular complexity index is 978. The predicted molar refractivity (Wildman–Crippen MR) is 84.4 cm³/mol. The summed E-state index contributed by atoms with van der Waals surface area (Å²) >= 11 is 0. The Hall–Kier alpha value is -3.01. The standard InChI is InChI=1S/C17H13N3O/c18-14-10-20(16-4-2-1-3-13(14)16)17(21)12-6-5-11-7-8-19-15(11)9-12/h1-10,19H,18H2. The molecule has 4 rings (SSSR count). The van der Waals surface area contributed by atoms with Crippen LogP contribution in [0.1, 0.15) is 10.4 Å². The molecule has 0 atom stereocenters. The summed E-state index contributed by atoms with van der Waals surface area (Å²) in [6.45, 7) is 0. The molecule has 3 N–H and O–H groups in total. The SMILES string of the molecule is Nc1cn(C(=O)c2ccc3cc[nH]c3c2)c2ccccc12. The fourth-order valence-corrected chi connectivity index (χ4v) is 2.69. The zero-order valence-corrected chi connectivity index (χ0v) is 11.2. The summed E-state index contributed by atoms with van der Waals surface area (Å²) in [7, 11) is 0. The second-order valence-electron chi connectivity index (χ2n) is 5.06. The number of nitrogens with two attached hydrogens (primary N) is 1. The molecule has 2 aromatic carbocycles. The number of para-hydroxylation sites is 1. The monoisotopic (exact) mass is 275 g/mol. The molecular formula is C17H13N3O. The molecule has 0 aliphatic heterocycles. The van der Waals surface area contributed by atoms with Crippen molar-refractivity contribution in [2.75, 3.05) is 5.73 Å². The lowest BCUT2D eigenvalue weighted by Gasteiger charge is -2.04. The van der Waals surface area contributed by atoms with Gasteiger partial charge in [-0.15, -0.1) is 0 Å². The molecule has 0 fully saturated rings. The molecule has 0 unspecified atom stereocenters. The quantitative estimate of drug-likeness (QED) is 0.559. The first-order valence-electron chi connectivity index (χ1n) is 6.71. The third-order valence-corrected chi connectivity index (χ3v) is 3.76. The van der Waals surface area contributed by atoms with E-state index in [0.717, 1.165) is 21.8 Å². The van der Waals surface area contributed by atoms with Gasteiger partial charge in [0.2, 0.25) is 0 Å². The number of nitrogens with zero attached hydrogens (tertiary/aromatic N) is 1. The number of aromatic nitrogens is 2. The van der Waals surface area contributed by atoms with Crippen LogP contribution in [0.5, 0.6) is 0 Å². The number of nitrogen functional groups attached to an aromatic ring is 1. The van der Waals surface area contributed by atoms with E-state index in [2.05, 4.69) is 4.98 Å². The van der Waals surface area contributed by atoms with Gasteiger partial charge < -0.3 is 10.7 Å². The fourth-order valence-electron chi connectivity index (χ4n) is 2.69. The Labute approximate surface area is 120 Å². The molecule has 0 aliphatic rings. The number of carbonyl (C=O) groups is 1. The van der Waals surface area contributed by atoms with Crippen molar-refractivity contribution in [3.8, 4) is 0 Å². The van der Waals surface area contributed by atoms with Crippen LogP contribution in [0.15, 0.2) is 60.9 Å². The average Bonchev–Trinajstić information content (AvgIpc) is 3.11. The highest BCUT2D eigenvalue weighted by molar-refractivity contribution is 6.06. The van der Waals surface area contributed by atoms with Gasteiger partial charge in [0, 0.05) is 28.9 Å². The summed E-state index contributed by atoms with van der Waals surface area (Å²) in [4.78, 5) is 15.9. The molecular weight excluding hydrogens is 262 g/mol. The van der Waals surface area contributed by atoms with Crippen LogP contribution in [0.3, 0.4) is 0 Å². The maximum atomic E-state index is 12.7. The molecule has 0 radical (unpaired) electrons. The van der Waals surface area contributed by atoms with E-state index >= 15 is 0 Å². The summed E-state index contributed by atoms with van der Waals surface area (Å²) in [5, 5.41) is 1.98. The second-order valence-corrected chi connectivity index (χ2v) is 5.06. The van der Waals surface area contributed by atoms with Gasteiger partial charge in [-0.3, -0.25) is 9.36 Å². The number of hydrogen-bond acceptors (Lipinski definition) is 2. The first-order chi connectivity index (χ1) is 10.2. The van der Waals surface area contributed by atoms with E-state index in [0.29, 0.717) is 11.3 Å². The van der Waals surface area contributed by atoms with Crippen molar-refractivity contribution in [3.63, 3.8) is 0 Å². The maximum Gasteiger partial charge on any atom is 0.262 e. The Morgan fingerprint density at radius 1 is 1.10 bits per heavy atom. The van der Waals surface area contributed by atoms with Gasteiger partial charge in [0.1, 0.15) is 0 Å². The van der Waals surface area contributed by atoms with Crippen molar-refractivity contribution in [3.05, 3.63) is 66.5 Å². The number of fused-ring (bicyclic) bond motifs is 2. The van der Waals surface area contributed by atoms with Crippen LogP contribution in [0.4, 0.5) is 5.69 Å². The highest BCUT2D eigenvalue weighted by atomic mass is 16.2. The summed E-state index contributed by atoms with van der Waals surface area (Å²) in [6.07, 6.45) is 3.55. The lowest BCUT2D eigenvalue weighted by Crippen LogP contribution is -2.10. The zero-order chi connectivity index (χ0) is 14.4. The summed E-state index contributed by atoms with van der Waals surface area (Å²) < 4.78 is 1.61. The minimum absolute atomic E-state index is 0.0839. The van der Waals surface area contributed by atoms with Crippen LogP contribution < -0.4 is 5.73 Å². The third kappa shape index (κ3) is 1.73. The normalized spacial score (nSPS) is 11.2. The van der Waals surface area contributed by atoms with Crippen LogP contribution in [-0.4, -0.2) is 15.5 Å². The van der Waals surface area contributed by atoms with Gasteiger partial charge in [-0.1, -0.05) is 24.3 Å². The Balaban J connectivity index is 1.89. The van der Waals surface area contributed by atoms with Crippen molar-refractivity contribution in [2.45, 2.75) is 0 Å². The minimum atomic E-state index is -0.0839. The van der Waals surface area contributed by atoms with Crippen LogP contribution in [0.2, 0.25) is 0 Å². The summed E-state index contributed by atoms with van der Waals surface area (Å²) in [5.74, 6) is -0.0839. The fraction of sp³-hybridized carbons (Fsp3) is 0. The maximum absolute atomic E-state index is 12.7. The Morgan fingerprint density at radius 2 is 1.95 bits per heavy atom. The van der Waals surface area contributed by atoms with Gasteiger partial charge in [-0.2, -0.15) is 0 Å². The average molecular weight is 275 g/mol. The molecule has 2 aromatic heterocycles. The van der Waals surface area contributed by atoms with Crippen LogP contribution in [0, 0.1) is 0 Å². The topological polar surface area (TPSA) is 63.8 Å². The number of nitrogens with one attached hydrogen (secondary N) is 1. The number of carbonyl (C=O) groups excluding carboxylic acids is 1. The van der Waals surface area contributed by atoms with E-state index in [1.165, 1.54) is 0 Å². The van der Waals surface area contributed by atoms with Crippen LogP contribution >= 0.6 is 0 Å². The van der Waals surface area contributed by atoms with E-state index in [4.69, 9.17) is 5.73 Å². The number of hydrogen-bond donors (Lipinski definition) is 2. The molecule has 4 aromatic rings. The Kier molecular flexibility index (Phi) is 2.38. The molecule has 0 saturated heterocycles. The highest BCUT2D eigenvalue weighted by Gasteiger charge is 2.14. The lowest BCUT2D eigenvalue weighted by molar-refractivity contribution is 0.0965.